The number of aromatic nitrogens is 2. The molecule has 0 aliphatic rings. The van der Waals surface area contributed by atoms with Gasteiger partial charge in [-0.25, -0.2) is 0 Å². The normalized spacial score (nSPS) is 12.9. The monoisotopic (exact) mass is 322 g/mol. The molecule has 0 spiro atoms. The second-order valence-electron chi connectivity index (χ2n) is 5.13. The fourth-order valence-corrected chi connectivity index (χ4v) is 2.77. The summed E-state index contributed by atoms with van der Waals surface area (Å²) in [5.74, 6) is 0. The number of nitrogens with zero attached hydrogens (tertiary/aromatic N) is 2. The van der Waals surface area contributed by atoms with Gasteiger partial charge in [-0.2, -0.15) is 5.10 Å². The summed E-state index contributed by atoms with van der Waals surface area (Å²) in [6.07, 6.45) is 1.79. The molecule has 0 saturated heterocycles. The minimum absolute atomic E-state index is 0.230. The number of benzene rings is 1. The predicted octanol–water partition coefficient (Wildman–Crippen LogP) is 3.81. The summed E-state index contributed by atoms with van der Waals surface area (Å²) >= 11 is 3.47. The van der Waals surface area contributed by atoms with E-state index in [0.29, 0.717) is 6.42 Å². The summed E-state index contributed by atoms with van der Waals surface area (Å²) in [4.78, 5) is 0. The maximum atomic E-state index is 10.5. The van der Waals surface area contributed by atoms with Crippen LogP contribution in [-0.4, -0.2) is 14.9 Å². The summed E-state index contributed by atoms with van der Waals surface area (Å²) in [6.45, 7) is 6.18. The zero-order valence-corrected chi connectivity index (χ0v) is 13.1. The minimum Gasteiger partial charge on any atom is -0.386 e. The lowest BCUT2D eigenvalue weighted by Crippen LogP contribution is -2.13. The fraction of sp³-hybridized carbons (Fsp3) is 0.400. The average molecular weight is 323 g/mol. The third kappa shape index (κ3) is 3.25. The van der Waals surface area contributed by atoms with Crippen molar-refractivity contribution in [2.45, 2.75) is 39.3 Å². The Morgan fingerprint density at radius 3 is 2.74 bits per heavy atom. The van der Waals surface area contributed by atoms with Crippen LogP contribution < -0.4 is 0 Å². The Labute approximate surface area is 122 Å². The molecule has 0 aliphatic carbocycles. The van der Waals surface area contributed by atoms with Gasteiger partial charge >= 0.3 is 0 Å². The van der Waals surface area contributed by atoms with E-state index in [-0.39, 0.29) is 6.04 Å². The largest absolute Gasteiger partial charge is 0.386 e. The van der Waals surface area contributed by atoms with E-state index >= 15 is 0 Å². The number of aliphatic hydroxyl groups is 1. The van der Waals surface area contributed by atoms with Crippen LogP contribution in [0, 0.1) is 6.92 Å². The Balaban J connectivity index is 2.25. The molecule has 3 nitrogen and oxygen atoms in total. The molecule has 0 aliphatic heterocycles. The van der Waals surface area contributed by atoms with E-state index in [0.717, 1.165) is 15.7 Å². The molecule has 2 aromatic rings. The van der Waals surface area contributed by atoms with Crippen LogP contribution in [0.15, 0.2) is 34.9 Å². The second kappa shape index (κ2) is 5.88. The van der Waals surface area contributed by atoms with Gasteiger partial charge in [0.25, 0.3) is 0 Å². The van der Waals surface area contributed by atoms with Crippen molar-refractivity contribution in [1.29, 1.82) is 0 Å². The lowest BCUT2D eigenvalue weighted by atomic mass is 10.0. The Morgan fingerprint density at radius 1 is 1.37 bits per heavy atom. The molecule has 0 saturated carbocycles. The molecule has 1 aromatic heterocycles. The molecule has 0 bridgehead atoms. The van der Waals surface area contributed by atoms with Crippen molar-refractivity contribution in [3.63, 3.8) is 0 Å². The van der Waals surface area contributed by atoms with E-state index in [9.17, 15) is 5.11 Å². The van der Waals surface area contributed by atoms with E-state index in [1.807, 2.05) is 16.8 Å². The molecule has 0 radical (unpaired) electrons. The Morgan fingerprint density at radius 2 is 2.11 bits per heavy atom. The number of aliphatic hydroxyl groups excluding tert-OH is 1. The number of hydrogen-bond donors (Lipinski definition) is 1. The highest BCUT2D eigenvalue weighted by Gasteiger charge is 2.19. The first-order valence-electron chi connectivity index (χ1n) is 6.45. The van der Waals surface area contributed by atoms with Gasteiger partial charge in [-0.3, -0.25) is 4.68 Å². The molecule has 1 unspecified atom stereocenters. The standard InChI is InChI=1S/C15H19BrN2O/c1-10(2)18-15(13(16)9-17-18)14(19)8-12-6-4-5-11(3)7-12/h4-7,9-10,14,19H,8H2,1-3H3. The molecule has 0 fully saturated rings. The van der Waals surface area contributed by atoms with E-state index in [4.69, 9.17) is 0 Å². The van der Waals surface area contributed by atoms with Crippen molar-refractivity contribution < 1.29 is 5.11 Å². The van der Waals surface area contributed by atoms with E-state index in [2.05, 4.69) is 53.9 Å². The number of hydrogen-bond acceptors (Lipinski definition) is 2. The van der Waals surface area contributed by atoms with Crippen LogP contribution in [0.25, 0.3) is 0 Å². The first-order chi connectivity index (χ1) is 8.99. The molecular formula is C15H19BrN2O. The van der Waals surface area contributed by atoms with Crippen LogP contribution >= 0.6 is 15.9 Å². The summed E-state index contributed by atoms with van der Waals surface area (Å²) in [5, 5.41) is 14.8. The van der Waals surface area contributed by atoms with Gasteiger partial charge in [-0.15, -0.1) is 0 Å². The molecular weight excluding hydrogens is 304 g/mol. The third-order valence-electron chi connectivity index (χ3n) is 3.10. The predicted molar refractivity (Wildman–Crippen MR) is 80.2 cm³/mol. The molecule has 19 heavy (non-hydrogen) atoms. The SMILES string of the molecule is Cc1cccc(CC(O)c2c(Br)cnn2C(C)C)c1. The molecule has 2 rings (SSSR count). The first kappa shape index (κ1) is 14.3. The summed E-state index contributed by atoms with van der Waals surface area (Å²) < 4.78 is 2.73. The third-order valence-corrected chi connectivity index (χ3v) is 3.71. The van der Waals surface area contributed by atoms with Crippen LogP contribution in [0.4, 0.5) is 0 Å². The molecule has 0 amide bonds. The van der Waals surface area contributed by atoms with Crippen LogP contribution in [0.2, 0.25) is 0 Å². The van der Waals surface area contributed by atoms with Gasteiger partial charge in [0.2, 0.25) is 0 Å². The van der Waals surface area contributed by atoms with Gasteiger partial charge in [-0.05, 0) is 42.3 Å². The second-order valence-corrected chi connectivity index (χ2v) is 5.98. The maximum Gasteiger partial charge on any atom is 0.101 e. The highest BCUT2D eigenvalue weighted by molar-refractivity contribution is 9.10. The zero-order chi connectivity index (χ0) is 14.0. The van der Waals surface area contributed by atoms with Crippen LogP contribution in [0.5, 0.6) is 0 Å². The number of rotatable bonds is 4. The number of halogens is 1. The van der Waals surface area contributed by atoms with Gasteiger partial charge in [0.15, 0.2) is 0 Å². The van der Waals surface area contributed by atoms with Gasteiger partial charge < -0.3 is 5.11 Å². The van der Waals surface area contributed by atoms with Gasteiger partial charge in [0.05, 0.1) is 16.4 Å². The van der Waals surface area contributed by atoms with Crippen molar-refractivity contribution in [3.8, 4) is 0 Å². The van der Waals surface area contributed by atoms with Crippen molar-refractivity contribution >= 4 is 15.9 Å². The molecule has 1 heterocycles. The molecule has 102 valence electrons. The van der Waals surface area contributed by atoms with Crippen LogP contribution in [0.1, 0.15) is 42.8 Å². The topological polar surface area (TPSA) is 38.1 Å². The Hall–Kier alpha value is -1.13. The Bertz CT molecular complexity index is 563. The lowest BCUT2D eigenvalue weighted by Gasteiger charge is -2.17. The minimum atomic E-state index is -0.555. The van der Waals surface area contributed by atoms with Crippen molar-refractivity contribution in [3.05, 3.63) is 51.8 Å². The summed E-state index contributed by atoms with van der Waals surface area (Å²) in [5.41, 5.74) is 3.19. The molecule has 4 heteroatoms. The van der Waals surface area contributed by atoms with E-state index in [1.54, 1.807) is 6.20 Å². The van der Waals surface area contributed by atoms with Gasteiger partial charge in [-0.1, -0.05) is 29.8 Å². The maximum absolute atomic E-state index is 10.5. The van der Waals surface area contributed by atoms with E-state index in [1.165, 1.54) is 5.56 Å². The number of aryl methyl sites for hydroxylation is 1. The Kier molecular flexibility index (Phi) is 4.42. The smallest absolute Gasteiger partial charge is 0.101 e. The van der Waals surface area contributed by atoms with Crippen LogP contribution in [-0.2, 0) is 6.42 Å². The summed E-state index contributed by atoms with van der Waals surface area (Å²) in [7, 11) is 0. The highest BCUT2D eigenvalue weighted by atomic mass is 79.9. The quantitative estimate of drug-likeness (QED) is 0.929. The van der Waals surface area contributed by atoms with Crippen LogP contribution in [0.3, 0.4) is 0 Å². The molecule has 1 atom stereocenters. The van der Waals surface area contributed by atoms with Crippen molar-refractivity contribution in [2.75, 3.05) is 0 Å². The van der Waals surface area contributed by atoms with Crippen molar-refractivity contribution in [2.24, 2.45) is 0 Å². The van der Waals surface area contributed by atoms with Crippen molar-refractivity contribution in [1.82, 2.24) is 9.78 Å². The van der Waals surface area contributed by atoms with Gasteiger partial charge in [0, 0.05) is 12.5 Å². The van der Waals surface area contributed by atoms with E-state index < -0.39 is 6.10 Å². The fourth-order valence-electron chi connectivity index (χ4n) is 2.23. The lowest BCUT2D eigenvalue weighted by molar-refractivity contribution is 0.164. The van der Waals surface area contributed by atoms with Gasteiger partial charge in [0.1, 0.15) is 6.10 Å². The molecule has 1 aromatic carbocycles. The highest BCUT2D eigenvalue weighted by Crippen LogP contribution is 2.28. The molecule has 1 N–H and O–H groups in total. The zero-order valence-electron chi connectivity index (χ0n) is 11.5. The summed E-state index contributed by atoms with van der Waals surface area (Å²) in [6, 6.07) is 8.46. The average Bonchev–Trinajstić information content (AvgIpc) is 2.71. The first-order valence-corrected chi connectivity index (χ1v) is 7.25.